The molecule has 0 amide bonds. The van der Waals surface area contributed by atoms with Crippen LogP contribution in [0.5, 0.6) is 0 Å². The van der Waals surface area contributed by atoms with Gasteiger partial charge < -0.3 is 101 Å². The van der Waals surface area contributed by atoms with E-state index in [2.05, 4.69) is 106 Å². The number of rotatable bonds is 11. The Morgan fingerprint density at radius 1 is 0.216 bits per heavy atom. The molecule has 0 atom stereocenters. The SMILES string of the molecule is CC.CC.CC.CC.CC.CN(c1[c-]cc(-c2[c-]cccc2)[c-]c1)c1[c-]cccc1.CN(c1[c-]cccc1)c1[c-]c[c-]c(-c2[c-]cccc2)c1.CN(c1[c-]cccc1)c1[c-]cc[c-]c1-c1[c-]cccc1.CN(c1[c-]cccc1)c1[c-]cccc1.[CH3-].[CH3-].[CH3-].[CH3-].[CH3-].[CH3-].[CH3-].[Y+3].[Y+3].[Y+3].[Y+3].[Y+3].[Y+3].[Y+3].[Y].[Y].[Y].[Y]. The predicted molar refractivity (Wildman–Crippen MR) is 405 cm³/mol. The van der Waals surface area contributed by atoms with Crippen molar-refractivity contribution >= 4 is 45.5 Å². The zero-order chi connectivity index (χ0) is 61.2. The molecule has 0 unspecified atom stereocenters. The Kier molecular flexibility index (Phi) is 130. The van der Waals surface area contributed by atoms with Crippen LogP contribution in [0.1, 0.15) is 69.2 Å². The number of hydrogen-bond acceptors (Lipinski definition) is 4. The molecule has 102 heavy (non-hydrogen) atoms. The summed E-state index contributed by atoms with van der Waals surface area (Å²) in [5, 5.41) is 0. The molecule has 11 aromatic rings. The van der Waals surface area contributed by atoms with E-state index in [-0.39, 0.29) is 412 Å². The van der Waals surface area contributed by atoms with Crippen LogP contribution in [0.4, 0.5) is 45.5 Å². The molecule has 502 valence electrons. The molecule has 0 saturated heterocycles. The minimum absolute atomic E-state index is 0. The van der Waals surface area contributed by atoms with E-state index in [1.165, 1.54) is 0 Å². The van der Waals surface area contributed by atoms with Gasteiger partial charge in [-0.1, -0.05) is 97.7 Å². The first-order chi connectivity index (χ1) is 41.4. The summed E-state index contributed by atoms with van der Waals surface area (Å²) in [5.74, 6) is 0. The fourth-order valence-corrected chi connectivity index (χ4v) is 7.48. The molecule has 0 fully saturated rings. The summed E-state index contributed by atoms with van der Waals surface area (Å²) in [7, 11) is 8.03. The molecule has 0 aliphatic carbocycles. The Balaban J connectivity index is -0.0000000630. The third-order valence-corrected chi connectivity index (χ3v) is 11.5. The van der Waals surface area contributed by atoms with Crippen LogP contribution < -0.4 is 19.6 Å². The molecule has 15 heteroatoms. The van der Waals surface area contributed by atoms with E-state index in [0.29, 0.717) is 0 Å². The van der Waals surface area contributed by atoms with Gasteiger partial charge in [-0.25, -0.2) is 34.5 Å². The maximum atomic E-state index is 3.29. The van der Waals surface area contributed by atoms with E-state index < -0.39 is 0 Å². The second kappa shape index (κ2) is 92.6. The van der Waals surface area contributed by atoms with E-state index in [1.54, 1.807) is 0 Å². The summed E-state index contributed by atoms with van der Waals surface area (Å²) in [6.45, 7) is 20.0. The molecule has 0 spiro atoms. The Labute approximate surface area is 905 Å². The molecule has 0 aromatic heterocycles. The molecular weight excluding hydrogens is 2080 g/mol. The van der Waals surface area contributed by atoms with E-state index >= 15 is 0 Å². The molecule has 0 aliphatic rings. The Hall–Kier alpha value is 2.76. The molecule has 11 aromatic carbocycles. The maximum Gasteiger partial charge on any atom is 3.00 e. The van der Waals surface area contributed by atoms with Crippen molar-refractivity contribution in [3.63, 3.8) is 0 Å². The number of para-hydroxylation sites is 5. The van der Waals surface area contributed by atoms with Crippen LogP contribution in [-0.4, -0.2) is 28.2 Å². The topological polar surface area (TPSA) is 13.0 Å². The zero-order valence-corrected chi connectivity index (χ0v) is 96.3. The minimum atomic E-state index is 0. The van der Waals surface area contributed by atoms with Gasteiger partial charge in [0, 0.05) is 145 Å². The maximum absolute atomic E-state index is 3.29. The summed E-state index contributed by atoms with van der Waals surface area (Å²) >= 11 is 0. The minimum Gasteiger partial charge on any atom is -0.429 e. The van der Waals surface area contributed by atoms with Gasteiger partial charge in [0.25, 0.3) is 0 Å². The molecule has 11 rings (SSSR count). The molecule has 0 aliphatic heterocycles. The monoisotopic (exact) mass is 2180 g/mol. The van der Waals surface area contributed by atoms with Crippen molar-refractivity contribution in [1.29, 1.82) is 0 Å². The van der Waals surface area contributed by atoms with Crippen molar-refractivity contribution in [2.24, 2.45) is 0 Å². The van der Waals surface area contributed by atoms with Crippen molar-refractivity contribution in [3.05, 3.63) is 367 Å². The number of hydrogen-bond donors (Lipinski definition) is 0. The van der Waals surface area contributed by atoms with Gasteiger partial charge in [0.1, 0.15) is 0 Å². The van der Waals surface area contributed by atoms with Gasteiger partial charge >= 0.3 is 229 Å². The van der Waals surface area contributed by atoms with Crippen LogP contribution in [0.2, 0.25) is 0 Å². The Bertz CT molecular complexity index is 3300. The average Bonchev–Trinajstić information content (AvgIpc) is 0.833. The van der Waals surface area contributed by atoms with Crippen LogP contribution in [0.25, 0.3) is 33.4 Å². The molecule has 0 heterocycles. The third kappa shape index (κ3) is 53.0. The number of anilines is 8. The summed E-state index contributed by atoms with van der Waals surface area (Å²) in [6.07, 6.45) is 0. The first-order valence-electron chi connectivity index (χ1n) is 28.9. The molecule has 0 saturated carbocycles. The van der Waals surface area contributed by atoms with Crippen LogP contribution >= 0.6 is 0 Å². The summed E-state index contributed by atoms with van der Waals surface area (Å²) in [5.41, 5.74) is 14.1. The molecular formula is C87H101N4Y11. The van der Waals surface area contributed by atoms with Crippen molar-refractivity contribution in [3.8, 4) is 33.4 Å². The van der Waals surface area contributed by atoms with Crippen LogP contribution in [0.3, 0.4) is 0 Å². The van der Waals surface area contributed by atoms with Gasteiger partial charge in [0.15, 0.2) is 0 Å². The van der Waals surface area contributed by atoms with Gasteiger partial charge in [-0.3, -0.25) is 42.0 Å². The fraction of sp³-hybridized carbons (Fsp3) is 0.161. The standard InChI is InChI=1S/3C19H13N.C13H11N.5C2H6.7CH3.11Y/c1-20(17-12-6-3-7-13-17)19-15-9-8-14-18(19)16-10-4-2-5-11-16;1-20(18-12-6-3-7-13-18)19-14-8-11-17(15-19)16-9-4-2-5-10-16;1-20(18-10-6-3-7-11-18)19-14-12-17(13-15-19)16-8-4-2-5-9-16;1-14(12-8-4-2-5-9-12)13-10-6-3-7-11-13;5*1-2;;;;;;;;;;;;;;;;;;/h2-10,12H,1H3;2-9,12,15H,1H3;2-8,10,12,15H,1H3;2-8,10H,1H3;5*1-2H3;7*1H3;;;;;;;;;;;/q3*-4;-2;;;;;;7*-1;;;;;7*+3. The Morgan fingerprint density at radius 2 is 0.500 bits per heavy atom. The van der Waals surface area contributed by atoms with E-state index in [0.717, 1.165) is 78.9 Å². The fourth-order valence-electron chi connectivity index (χ4n) is 7.48. The van der Waals surface area contributed by atoms with Gasteiger partial charge in [0.2, 0.25) is 0 Å². The van der Waals surface area contributed by atoms with Crippen LogP contribution in [0.15, 0.2) is 231 Å². The molecule has 0 bridgehead atoms. The average molecular weight is 2180 g/mol. The first kappa shape index (κ1) is 143. The zero-order valence-electron chi connectivity index (χ0n) is 65.1. The van der Waals surface area contributed by atoms with Crippen LogP contribution in [0, 0.1) is 137 Å². The van der Waals surface area contributed by atoms with E-state index in [4.69, 9.17) is 0 Å². The third-order valence-electron chi connectivity index (χ3n) is 11.5. The quantitative estimate of drug-likeness (QED) is 0.120. The van der Waals surface area contributed by atoms with Crippen molar-refractivity contribution in [2.45, 2.75) is 69.2 Å². The Morgan fingerprint density at radius 3 is 0.804 bits per heavy atom. The van der Waals surface area contributed by atoms with Gasteiger partial charge in [0.05, 0.1) is 0 Å². The second-order valence-electron chi connectivity index (χ2n) is 16.4. The van der Waals surface area contributed by atoms with Crippen molar-refractivity contribution in [2.75, 3.05) is 47.8 Å². The smallest absolute Gasteiger partial charge is 0.429 e. The molecule has 4 nitrogen and oxygen atoms in total. The predicted octanol–water partition coefficient (Wildman–Crippen LogP) is 24.3. The van der Waals surface area contributed by atoms with Crippen LogP contribution in [-0.2, 0) is 360 Å². The summed E-state index contributed by atoms with van der Waals surface area (Å²) in [6, 6.07) is 120. The largest absolute Gasteiger partial charge is 3.00 e. The first-order valence-corrected chi connectivity index (χ1v) is 28.9. The molecule has 4 radical (unpaired) electrons. The second-order valence-corrected chi connectivity index (χ2v) is 16.4. The van der Waals surface area contributed by atoms with E-state index in [1.807, 2.05) is 327 Å². The van der Waals surface area contributed by atoms with Gasteiger partial charge in [-0.15, -0.1) is 78.5 Å². The summed E-state index contributed by atoms with van der Waals surface area (Å²) < 4.78 is 0. The van der Waals surface area contributed by atoms with Gasteiger partial charge in [-0.05, 0) is 14.1 Å². The normalized spacial score (nSPS) is 7.67. The van der Waals surface area contributed by atoms with E-state index in [9.17, 15) is 0 Å². The summed E-state index contributed by atoms with van der Waals surface area (Å²) in [4.78, 5) is 8.21. The number of nitrogens with zero attached hydrogens (tertiary/aromatic N) is 4. The van der Waals surface area contributed by atoms with Gasteiger partial charge in [-0.2, -0.15) is 181 Å². The van der Waals surface area contributed by atoms with Crippen molar-refractivity contribution < 1.29 is 360 Å². The van der Waals surface area contributed by atoms with Crippen molar-refractivity contribution in [1.82, 2.24) is 0 Å². The molecule has 0 N–H and O–H groups in total. The number of benzene rings is 11.